The van der Waals surface area contributed by atoms with E-state index in [1.807, 2.05) is 11.9 Å². The third-order valence-electron chi connectivity index (χ3n) is 3.53. The summed E-state index contributed by atoms with van der Waals surface area (Å²) >= 11 is 0. The molecule has 5 nitrogen and oxygen atoms in total. The van der Waals surface area contributed by atoms with Crippen molar-refractivity contribution in [3.8, 4) is 0 Å². The minimum Gasteiger partial charge on any atom is -0.341 e. The zero-order valence-corrected chi connectivity index (χ0v) is 11.3. The van der Waals surface area contributed by atoms with Crippen molar-refractivity contribution in [1.82, 2.24) is 14.7 Å². The molecule has 5 heteroatoms. The molecule has 1 fully saturated rings. The fourth-order valence-corrected chi connectivity index (χ4v) is 2.78. The number of rotatable bonds is 2. The highest BCUT2D eigenvalue weighted by molar-refractivity contribution is 5.83. The maximum absolute atomic E-state index is 12.4. The van der Waals surface area contributed by atoms with E-state index in [1.54, 1.807) is 17.1 Å². The average molecular weight is 250 g/mol. The number of likely N-dealkylation sites (tertiary alicyclic amines) is 1. The first-order valence-corrected chi connectivity index (χ1v) is 6.50. The molecule has 0 aromatic carbocycles. The Bertz CT molecular complexity index is 418. The first-order chi connectivity index (χ1) is 8.47. The van der Waals surface area contributed by atoms with E-state index in [-0.39, 0.29) is 5.91 Å². The number of nitrogens with two attached hydrogens (primary N) is 1. The molecule has 0 saturated carbocycles. The molecule has 2 N–H and O–H groups in total. The van der Waals surface area contributed by atoms with Crippen LogP contribution in [-0.2, 0) is 11.8 Å². The summed E-state index contributed by atoms with van der Waals surface area (Å²) < 4.78 is 1.67. The number of carbonyl (C=O) groups is 1. The Morgan fingerprint density at radius 3 is 2.56 bits per heavy atom. The predicted molar refractivity (Wildman–Crippen MR) is 69.7 cm³/mol. The number of piperidine rings is 1. The van der Waals surface area contributed by atoms with Crippen LogP contribution in [0.15, 0.2) is 12.4 Å². The molecule has 0 radical (unpaired) electrons. The summed E-state index contributed by atoms with van der Waals surface area (Å²) in [6, 6.07) is -0.587. The van der Waals surface area contributed by atoms with Crippen LogP contribution in [0.3, 0.4) is 0 Å². The molecule has 0 aliphatic carbocycles. The van der Waals surface area contributed by atoms with Crippen molar-refractivity contribution in [2.24, 2.45) is 24.6 Å². The van der Waals surface area contributed by atoms with Crippen molar-refractivity contribution in [3.05, 3.63) is 18.0 Å². The summed E-state index contributed by atoms with van der Waals surface area (Å²) in [6.45, 7) is 6.01. The van der Waals surface area contributed by atoms with E-state index in [9.17, 15) is 4.79 Å². The maximum atomic E-state index is 12.4. The van der Waals surface area contributed by atoms with Gasteiger partial charge in [0.15, 0.2) is 0 Å². The van der Waals surface area contributed by atoms with E-state index in [0.29, 0.717) is 11.8 Å². The van der Waals surface area contributed by atoms with Gasteiger partial charge in [-0.2, -0.15) is 5.10 Å². The molecule has 1 aromatic heterocycles. The van der Waals surface area contributed by atoms with E-state index in [2.05, 4.69) is 18.9 Å². The van der Waals surface area contributed by atoms with Gasteiger partial charge in [0, 0.05) is 31.9 Å². The summed E-state index contributed by atoms with van der Waals surface area (Å²) in [7, 11) is 1.83. The van der Waals surface area contributed by atoms with Gasteiger partial charge in [-0.3, -0.25) is 9.48 Å². The number of carbonyl (C=O) groups excluding carboxylic acids is 1. The minimum absolute atomic E-state index is 0.0152. The summed E-state index contributed by atoms with van der Waals surface area (Å²) in [4.78, 5) is 14.3. The SMILES string of the molecule is CC1CC(C)CN(C(=O)C(N)c2cnn(C)c2)C1. The number of nitrogens with zero attached hydrogens (tertiary/aromatic N) is 3. The topological polar surface area (TPSA) is 64.2 Å². The van der Waals surface area contributed by atoms with Gasteiger partial charge in [-0.1, -0.05) is 13.8 Å². The molecule has 18 heavy (non-hydrogen) atoms. The van der Waals surface area contributed by atoms with Crippen LogP contribution in [0.1, 0.15) is 31.9 Å². The van der Waals surface area contributed by atoms with Gasteiger partial charge < -0.3 is 10.6 Å². The smallest absolute Gasteiger partial charge is 0.244 e. The predicted octanol–water partition coefficient (Wildman–Crippen LogP) is 0.924. The normalized spacial score (nSPS) is 26.1. The fourth-order valence-electron chi connectivity index (χ4n) is 2.78. The van der Waals surface area contributed by atoms with Crippen molar-refractivity contribution in [1.29, 1.82) is 0 Å². The molecule has 1 aromatic rings. The molecule has 1 aliphatic heterocycles. The van der Waals surface area contributed by atoms with E-state index in [4.69, 9.17) is 5.73 Å². The quantitative estimate of drug-likeness (QED) is 0.849. The Morgan fingerprint density at radius 1 is 1.44 bits per heavy atom. The molecule has 3 atom stereocenters. The standard InChI is InChI=1S/C13H22N4O/c1-9-4-10(2)7-17(6-9)13(18)12(14)11-5-15-16(3)8-11/h5,8-10,12H,4,6-7,14H2,1-3H3. The average Bonchev–Trinajstić information content (AvgIpc) is 2.72. The fraction of sp³-hybridized carbons (Fsp3) is 0.692. The molecule has 1 saturated heterocycles. The van der Waals surface area contributed by atoms with Crippen LogP contribution in [0.2, 0.25) is 0 Å². The molecule has 1 amide bonds. The van der Waals surface area contributed by atoms with Gasteiger partial charge in [-0.25, -0.2) is 0 Å². The van der Waals surface area contributed by atoms with Crippen LogP contribution in [-0.4, -0.2) is 33.7 Å². The van der Waals surface area contributed by atoms with Crippen molar-refractivity contribution in [3.63, 3.8) is 0 Å². The lowest BCUT2D eigenvalue weighted by Crippen LogP contribution is -2.46. The molecule has 1 aliphatic rings. The van der Waals surface area contributed by atoms with Crippen molar-refractivity contribution < 1.29 is 4.79 Å². The van der Waals surface area contributed by atoms with E-state index >= 15 is 0 Å². The molecular formula is C13H22N4O. The largest absolute Gasteiger partial charge is 0.341 e. The molecule has 0 bridgehead atoms. The minimum atomic E-state index is -0.587. The zero-order valence-electron chi connectivity index (χ0n) is 11.3. The number of hydrogen-bond acceptors (Lipinski definition) is 3. The summed E-state index contributed by atoms with van der Waals surface area (Å²) in [5.74, 6) is 1.12. The molecule has 3 unspecified atom stereocenters. The van der Waals surface area contributed by atoms with Gasteiger partial charge in [0.1, 0.15) is 6.04 Å². The van der Waals surface area contributed by atoms with Crippen LogP contribution in [0.25, 0.3) is 0 Å². The lowest BCUT2D eigenvalue weighted by Gasteiger charge is -2.36. The summed E-state index contributed by atoms with van der Waals surface area (Å²) in [5, 5.41) is 4.06. The molecular weight excluding hydrogens is 228 g/mol. The van der Waals surface area contributed by atoms with Gasteiger partial charge in [0.25, 0.3) is 0 Å². The second-order valence-electron chi connectivity index (χ2n) is 5.61. The number of aryl methyl sites for hydroxylation is 1. The van der Waals surface area contributed by atoms with Gasteiger partial charge in [-0.05, 0) is 18.3 Å². The van der Waals surface area contributed by atoms with Crippen molar-refractivity contribution in [2.75, 3.05) is 13.1 Å². The van der Waals surface area contributed by atoms with Gasteiger partial charge in [-0.15, -0.1) is 0 Å². The molecule has 2 heterocycles. The Balaban J connectivity index is 2.06. The Morgan fingerprint density at radius 2 is 2.06 bits per heavy atom. The van der Waals surface area contributed by atoms with Gasteiger partial charge in [0.05, 0.1) is 6.20 Å². The second-order valence-corrected chi connectivity index (χ2v) is 5.61. The zero-order chi connectivity index (χ0) is 13.3. The highest BCUT2D eigenvalue weighted by Gasteiger charge is 2.29. The van der Waals surface area contributed by atoms with E-state index in [1.165, 1.54) is 6.42 Å². The van der Waals surface area contributed by atoms with Gasteiger partial charge >= 0.3 is 0 Å². The van der Waals surface area contributed by atoms with Crippen LogP contribution in [0.4, 0.5) is 0 Å². The lowest BCUT2D eigenvalue weighted by molar-refractivity contribution is -0.135. The number of aromatic nitrogens is 2. The maximum Gasteiger partial charge on any atom is 0.244 e. The van der Waals surface area contributed by atoms with E-state index < -0.39 is 6.04 Å². The Labute approximate surface area is 108 Å². The first kappa shape index (κ1) is 13.1. The highest BCUT2D eigenvalue weighted by atomic mass is 16.2. The van der Waals surface area contributed by atoms with E-state index in [0.717, 1.165) is 18.7 Å². The van der Waals surface area contributed by atoms with Gasteiger partial charge in [0.2, 0.25) is 5.91 Å². The summed E-state index contributed by atoms with van der Waals surface area (Å²) in [6.07, 6.45) is 4.66. The van der Waals surface area contributed by atoms with Crippen LogP contribution in [0.5, 0.6) is 0 Å². The van der Waals surface area contributed by atoms with Crippen LogP contribution < -0.4 is 5.73 Å². The number of hydrogen-bond donors (Lipinski definition) is 1. The first-order valence-electron chi connectivity index (χ1n) is 6.50. The number of amides is 1. The lowest BCUT2D eigenvalue weighted by atomic mass is 9.91. The third kappa shape index (κ3) is 2.72. The van der Waals surface area contributed by atoms with Crippen molar-refractivity contribution in [2.45, 2.75) is 26.3 Å². The molecule has 100 valence electrons. The van der Waals surface area contributed by atoms with Crippen LogP contribution >= 0.6 is 0 Å². The Hall–Kier alpha value is -1.36. The molecule has 0 spiro atoms. The van der Waals surface area contributed by atoms with Crippen LogP contribution in [0, 0.1) is 11.8 Å². The highest BCUT2D eigenvalue weighted by Crippen LogP contribution is 2.23. The van der Waals surface area contributed by atoms with Crippen molar-refractivity contribution >= 4 is 5.91 Å². The molecule has 2 rings (SSSR count). The second kappa shape index (κ2) is 5.10. The monoisotopic (exact) mass is 250 g/mol. The third-order valence-corrected chi connectivity index (χ3v) is 3.53. The Kier molecular flexibility index (Phi) is 3.71. The summed E-state index contributed by atoms with van der Waals surface area (Å²) in [5.41, 5.74) is 6.81.